The number of benzene rings is 7. The monoisotopic (exact) mass is 794 g/mol. The Bertz CT molecular complexity index is 3060. The molecule has 0 amide bonds. The SMILES string of the molecule is CC(C)(C)c1ccc(-c2cc(-c3ccccc3)cc(N3CN(c4cccc(Oc5ccc6c7ccccc7n(-c7cc(C(C)(C)C)ccn7)c6c5)c4)c4ccccc43)c2)cc1. The summed E-state index contributed by atoms with van der Waals surface area (Å²) in [7, 11) is 0. The first-order chi connectivity index (χ1) is 29.5. The highest BCUT2D eigenvalue weighted by Gasteiger charge is 2.29. The van der Waals surface area contributed by atoms with E-state index in [1.807, 2.05) is 12.3 Å². The number of anilines is 4. The molecular weight excluding hydrogens is 745 g/mol. The van der Waals surface area contributed by atoms with Crippen LogP contribution in [0.1, 0.15) is 52.7 Å². The van der Waals surface area contributed by atoms with Crippen LogP contribution in [0.3, 0.4) is 0 Å². The van der Waals surface area contributed by atoms with Gasteiger partial charge in [-0.05, 0) is 117 Å². The molecule has 300 valence electrons. The maximum Gasteiger partial charge on any atom is 0.137 e. The van der Waals surface area contributed by atoms with Gasteiger partial charge in [-0.3, -0.25) is 4.57 Å². The lowest BCUT2D eigenvalue weighted by Gasteiger charge is -2.24. The molecule has 7 aromatic carbocycles. The van der Waals surface area contributed by atoms with Crippen LogP contribution < -0.4 is 14.5 Å². The summed E-state index contributed by atoms with van der Waals surface area (Å²) < 4.78 is 9.00. The fourth-order valence-corrected chi connectivity index (χ4v) is 8.67. The maximum absolute atomic E-state index is 6.74. The molecule has 2 aromatic heterocycles. The zero-order valence-corrected chi connectivity index (χ0v) is 35.7. The second-order valence-electron chi connectivity index (χ2n) is 18.2. The van der Waals surface area contributed by atoms with E-state index in [9.17, 15) is 0 Å². The minimum atomic E-state index is -0.00329. The molecule has 1 aliphatic heterocycles. The zero-order valence-electron chi connectivity index (χ0n) is 35.7. The normalized spacial score (nSPS) is 13.0. The molecule has 10 rings (SSSR count). The molecule has 0 aliphatic carbocycles. The first-order valence-corrected chi connectivity index (χ1v) is 21.2. The van der Waals surface area contributed by atoms with Gasteiger partial charge in [0, 0.05) is 40.5 Å². The molecule has 0 saturated heterocycles. The highest BCUT2D eigenvalue weighted by molar-refractivity contribution is 6.09. The molecule has 9 aromatic rings. The van der Waals surface area contributed by atoms with Gasteiger partial charge >= 0.3 is 0 Å². The summed E-state index contributed by atoms with van der Waals surface area (Å²) in [5.74, 6) is 2.44. The second kappa shape index (κ2) is 14.9. The van der Waals surface area contributed by atoms with Gasteiger partial charge in [0.05, 0.1) is 22.4 Å². The second-order valence-corrected chi connectivity index (χ2v) is 18.2. The standard InChI is InChI=1S/C56H50N4O/c1-55(2,3)42-25-23-39(24-26-42)41-31-40(38-15-8-7-9-16-38)32-45(33-41)59-37-58(51-21-12-13-22-52(51)59)44-17-14-18-46(35-44)61-47-27-28-49-48-19-10-11-20-50(48)60(53(49)36-47)54-34-43(29-30-57-54)56(4,5)6/h7-36H,37H2,1-6H3. The maximum atomic E-state index is 6.74. The van der Waals surface area contributed by atoms with Gasteiger partial charge in [-0.25, -0.2) is 4.98 Å². The predicted molar refractivity (Wildman–Crippen MR) is 255 cm³/mol. The van der Waals surface area contributed by atoms with Gasteiger partial charge in [-0.15, -0.1) is 0 Å². The van der Waals surface area contributed by atoms with E-state index in [0.717, 1.165) is 56.5 Å². The van der Waals surface area contributed by atoms with Gasteiger partial charge < -0.3 is 14.5 Å². The molecule has 3 heterocycles. The van der Waals surface area contributed by atoms with Crippen LogP contribution in [0.25, 0.3) is 49.9 Å². The van der Waals surface area contributed by atoms with Crippen molar-refractivity contribution < 1.29 is 4.74 Å². The average Bonchev–Trinajstić information content (AvgIpc) is 3.82. The van der Waals surface area contributed by atoms with Crippen molar-refractivity contribution >= 4 is 44.6 Å². The van der Waals surface area contributed by atoms with Crippen LogP contribution in [0.2, 0.25) is 0 Å². The van der Waals surface area contributed by atoms with E-state index in [1.165, 1.54) is 38.8 Å². The van der Waals surface area contributed by atoms with E-state index in [1.54, 1.807) is 0 Å². The molecule has 0 saturated carbocycles. The zero-order chi connectivity index (χ0) is 41.9. The third-order valence-electron chi connectivity index (χ3n) is 12.0. The summed E-state index contributed by atoms with van der Waals surface area (Å²) in [5, 5.41) is 2.35. The quantitative estimate of drug-likeness (QED) is 0.161. The van der Waals surface area contributed by atoms with Crippen molar-refractivity contribution in [2.24, 2.45) is 0 Å². The Hall–Kier alpha value is -7.11. The number of ether oxygens (including phenoxy) is 1. The van der Waals surface area contributed by atoms with E-state index < -0.39 is 0 Å². The molecule has 0 fully saturated rings. The largest absolute Gasteiger partial charge is 0.457 e. The minimum Gasteiger partial charge on any atom is -0.457 e. The Kier molecular flexibility index (Phi) is 9.29. The predicted octanol–water partition coefficient (Wildman–Crippen LogP) is 15.1. The first kappa shape index (κ1) is 38.1. The van der Waals surface area contributed by atoms with E-state index in [-0.39, 0.29) is 10.8 Å². The summed E-state index contributed by atoms with van der Waals surface area (Å²) in [6.07, 6.45) is 1.92. The van der Waals surface area contributed by atoms with Crippen LogP contribution in [0.5, 0.6) is 11.5 Å². The van der Waals surface area contributed by atoms with Gasteiger partial charge in [-0.2, -0.15) is 0 Å². The lowest BCUT2D eigenvalue weighted by atomic mass is 9.86. The van der Waals surface area contributed by atoms with Gasteiger partial charge in [-0.1, -0.05) is 133 Å². The summed E-state index contributed by atoms with van der Waals surface area (Å²) in [4.78, 5) is 9.68. The fourth-order valence-electron chi connectivity index (χ4n) is 8.67. The third-order valence-corrected chi connectivity index (χ3v) is 12.0. The topological polar surface area (TPSA) is 33.5 Å². The first-order valence-electron chi connectivity index (χ1n) is 21.2. The number of aromatic nitrogens is 2. The summed E-state index contributed by atoms with van der Waals surface area (Å²) in [6.45, 7) is 14.2. The van der Waals surface area contributed by atoms with Crippen LogP contribution in [0.15, 0.2) is 182 Å². The molecule has 0 spiro atoms. The van der Waals surface area contributed by atoms with Crippen LogP contribution in [0, 0.1) is 0 Å². The van der Waals surface area contributed by atoms with Gasteiger partial charge in [0.1, 0.15) is 24.0 Å². The molecule has 0 atom stereocenters. The van der Waals surface area contributed by atoms with Crippen LogP contribution in [-0.2, 0) is 10.8 Å². The summed E-state index contributed by atoms with van der Waals surface area (Å²) in [5.41, 5.74) is 14.1. The molecular formula is C56H50N4O. The number of pyridine rings is 1. The van der Waals surface area contributed by atoms with Crippen molar-refractivity contribution in [1.29, 1.82) is 0 Å². The summed E-state index contributed by atoms with van der Waals surface area (Å²) in [6, 6.07) is 63.2. The van der Waals surface area contributed by atoms with E-state index in [0.29, 0.717) is 6.67 Å². The highest BCUT2D eigenvalue weighted by Crippen LogP contribution is 2.47. The highest BCUT2D eigenvalue weighted by atomic mass is 16.5. The van der Waals surface area contributed by atoms with E-state index >= 15 is 0 Å². The number of rotatable bonds is 7. The lowest BCUT2D eigenvalue weighted by molar-refractivity contribution is 0.483. The number of hydrogen-bond donors (Lipinski definition) is 0. The molecule has 0 N–H and O–H groups in total. The van der Waals surface area contributed by atoms with E-state index in [2.05, 4.69) is 226 Å². The van der Waals surface area contributed by atoms with Crippen LogP contribution >= 0.6 is 0 Å². The average molecular weight is 795 g/mol. The van der Waals surface area contributed by atoms with E-state index in [4.69, 9.17) is 9.72 Å². The number of para-hydroxylation sites is 3. The molecule has 5 heteroatoms. The third kappa shape index (κ3) is 7.20. The van der Waals surface area contributed by atoms with Gasteiger partial charge in [0.25, 0.3) is 0 Å². The van der Waals surface area contributed by atoms with Crippen molar-refractivity contribution in [1.82, 2.24) is 9.55 Å². The van der Waals surface area contributed by atoms with Crippen LogP contribution in [-0.4, -0.2) is 16.2 Å². The lowest BCUT2D eigenvalue weighted by Crippen LogP contribution is -2.24. The number of hydrogen-bond acceptors (Lipinski definition) is 4. The van der Waals surface area contributed by atoms with Gasteiger partial charge in [0.15, 0.2) is 0 Å². The van der Waals surface area contributed by atoms with Crippen LogP contribution in [0.4, 0.5) is 22.7 Å². The summed E-state index contributed by atoms with van der Waals surface area (Å²) >= 11 is 0. The van der Waals surface area contributed by atoms with Crippen molar-refractivity contribution in [2.75, 3.05) is 16.5 Å². The Labute approximate surface area is 359 Å². The molecule has 0 radical (unpaired) electrons. The van der Waals surface area contributed by atoms with Crippen molar-refractivity contribution in [3.8, 4) is 39.6 Å². The Balaban J connectivity index is 1.000. The fraction of sp³-hybridized carbons (Fsp3) is 0.161. The minimum absolute atomic E-state index is 0.00329. The molecule has 61 heavy (non-hydrogen) atoms. The smallest absolute Gasteiger partial charge is 0.137 e. The molecule has 1 aliphatic rings. The van der Waals surface area contributed by atoms with Crippen molar-refractivity contribution in [2.45, 2.75) is 52.4 Å². The van der Waals surface area contributed by atoms with Crippen molar-refractivity contribution in [3.63, 3.8) is 0 Å². The van der Waals surface area contributed by atoms with Gasteiger partial charge in [0.2, 0.25) is 0 Å². The molecule has 0 unspecified atom stereocenters. The Morgan fingerprint density at radius 3 is 1.79 bits per heavy atom. The molecule has 0 bridgehead atoms. The Morgan fingerprint density at radius 1 is 0.443 bits per heavy atom. The Morgan fingerprint density at radius 2 is 1.07 bits per heavy atom. The molecule has 5 nitrogen and oxygen atoms in total. The number of nitrogens with zero attached hydrogens (tertiary/aromatic N) is 4. The van der Waals surface area contributed by atoms with Crippen molar-refractivity contribution in [3.05, 3.63) is 193 Å². The number of fused-ring (bicyclic) bond motifs is 4.